The van der Waals surface area contributed by atoms with Crippen LogP contribution >= 0.6 is 0 Å². The minimum absolute atomic E-state index is 0.388. The first-order chi connectivity index (χ1) is 10.7. The fraction of sp³-hybridized carbons (Fsp3) is 0. The second-order valence-electron chi connectivity index (χ2n) is 4.65. The van der Waals surface area contributed by atoms with Gasteiger partial charge in [-0.2, -0.15) is 0 Å². The normalized spacial score (nSPS) is 10.2. The highest BCUT2D eigenvalue weighted by Gasteiger charge is 2.12. The number of hydrogen-bond donors (Lipinski definition) is 4. The number of rotatable bonds is 2. The predicted octanol–water partition coefficient (Wildman–Crippen LogP) is 2.63. The molecule has 0 aliphatic heterocycles. The largest absolute Gasteiger partial charge is 0.360 e. The van der Waals surface area contributed by atoms with Crippen molar-refractivity contribution in [2.45, 2.75) is 0 Å². The lowest BCUT2D eigenvalue weighted by Gasteiger charge is -2.08. The van der Waals surface area contributed by atoms with Gasteiger partial charge < -0.3 is 10.3 Å². The number of fused-ring (bicyclic) bond motifs is 1. The van der Waals surface area contributed by atoms with Crippen LogP contribution in [-0.4, -0.2) is 16.9 Å². The minimum atomic E-state index is -0.514. The van der Waals surface area contributed by atoms with Gasteiger partial charge in [-0.3, -0.25) is 10.2 Å². The number of urea groups is 1. The second-order valence-corrected chi connectivity index (χ2v) is 4.65. The number of aromatic nitrogens is 1. The summed E-state index contributed by atoms with van der Waals surface area (Å²) in [6.07, 6.45) is 1.61. The van der Waals surface area contributed by atoms with E-state index in [1.54, 1.807) is 30.5 Å². The van der Waals surface area contributed by atoms with E-state index in [0.717, 1.165) is 10.9 Å². The number of anilines is 1. The first kappa shape index (κ1) is 13.7. The first-order valence-corrected chi connectivity index (χ1v) is 6.72. The molecule has 3 aromatic rings. The molecule has 0 radical (unpaired) electrons. The molecule has 6 nitrogen and oxygen atoms in total. The molecule has 6 heteroatoms. The fourth-order valence-electron chi connectivity index (χ4n) is 2.12. The van der Waals surface area contributed by atoms with Gasteiger partial charge in [-0.1, -0.05) is 36.4 Å². The third-order valence-corrected chi connectivity index (χ3v) is 3.16. The summed E-state index contributed by atoms with van der Waals surface area (Å²) in [6, 6.07) is 15.9. The minimum Gasteiger partial charge on any atom is -0.360 e. The number of amides is 3. The summed E-state index contributed by atoms with van der Waals surface area (Å²) in [6.45, 7) is 0. The Kier molecular flexibility index (Phi) is 3.74. The predicted molar refractivity (Wildman–Crippen MR) is 84.4 cm³/mol. The van der Waals surface area contributed by atoms with E-state index in [9.17, 15) is 9.59 Å². The number of para-hydroxylation sites is 2. The molecule has 3 rings (SSSR count). The number of carbonyl (C=O) groups excluding carboxylic acids is 2. The van der Waals surface area contributed by atoms with E-state index in [0.29, 0.717) is 11.3 Å². The van der Waals surface area contributed by atoms with Gasteiger partial charge in [0, 0.05) is 22.8 Å². The Hall–Kier alpha value is -3.28. The van der Waals surface area contributed by atoms with Crippen molar-refractivity contribution in [3.8, 4) is 0 Å². The van der Waals surface area contributed by atoms with Crippen LogP contribution in [0, 0.1) is 0 Å². The van der Waals surface area contributed by atoms with Crippen molar-refractivity contribution >= 4 is 28.5 Å². The molecule has 0 atom stereocenters. The lowest BCUT2D eigenvalue weighted by Crippen LogP contribution is -2.43. The lowest BCUT2D eigenvalue weighted by molar-refractivity contribution is 0.0939. The summed E-state index contributed by atoms with van der Waals surface area (Å²) in [4.78, 5) is 26.8. The topological polar surface area (TPSA) is 86.0 Å². The Morgan fingerprint density at radius 1 is 0.864 bits per heavy atom. The van der Waals surface area contributed by atoms with Gasteiger partial charge >= 0.3 is 6.03 Å². The molecule has 1 aromatic heterocycles. The molecule has 4 N–H and O–H groups in total. The molecule has 0 aliphatic carbocycles. The molecule has 0 saturated carbocycles. The van der Waals surface area contributed by atoms with Crippen LogP contribution in [0.1, 0.15) is 10.4 Å². The van der Waals surface area contributed by atoms with Crippen LogP contribution in [0.5, 0.6) is 0 Å². The number of benzene rings is 2. The third-order valence-electron chi connectivity index (χ3n) is 3.16. The van der Waals surface area contributed by atoms with Crippen molar-refractivity contribution in [2.24, 2.45) is 0 Å². The number of hydrogen-bond acceptors (Lipinski definition) is 2. The molecule has 0 unspecified atom stereocenters. The molecule has 22 heavy (non-hydrogen) atoms. The molecular weight excluding hydrogens is 280 g/mol. The molecule has 0 saturated heterocycles. The fourth-order valence-corrected chi connectivity index (χ4v) is 2.12. The van der Waals surface area contributed by atoms with Crippen molar-refractivity contribution in [1.82, 2.24) is 15.8 Å². The summed E-state index contributed by atoms with van der Waals surface area (Å²) < 4.78 is 0. The van der Waals surface area contributed by atoms with E-state index in [-0.39, 0.29) is 5.91 Å². The van der Waals surface area contributed by atoms with Gasteiger partial charge in [0.1, 0.15) is 0 Å². The van der Waals surface area contributed by atoms with Crippen molar-refractivity contribution in [1.29, 1.82) is 0 Å². The Bertz CT molecular complexity index is 811. The molecule has 1 heterocycles. The van der Waals surface area contributed by atoms with Crippen molar-refractivity contribution in [2.75, 3.05) is 5.32 Å². The Morgan fingerprint density at radius 2 is 1.59 bits per heavy atom. The van der Waals surface area contributed by atoms with Gasteiger partial charge in [0.05, 0.1) is 5.56 Å². The highest BCUT2D eigenvalue weighted by Crippen LogP contribution is 2.17. The maximum atomic E-state index is 12.1. The molecule has 0 fully saturated rings. The zero-order valence-electron chi connectivity index (χ0n) is 11.6. The smallest absolute Gasteiger partial charge is 0.337 e. The summed E-state index contributed by atoms with van der Waals surface area (Å²) in [5.74, 6) is -0.388. The molecule has 0 aliphatic rings. The average molecular weight is 294 g/mol. The summed E-state index contributed by atoms with van der Waals surface area (Å²) >= 11 is 0. The average Bonchev–Trinajstić information content (AvgIpc) is 2.98. The van der Waals surface area contributed by atoms with E-state index in [1.807, 2.05) is 30.3 Å². The zero-order valence-corrected chi connectivity index (χ0v) is 11.6. The number of aromatic amines is 1. The van der Waals surface area contributed by atoms with Gasteiger partial charge in [-0.05, 0) is 18.2 Å². The van der Waals surface area contributed by atoms with Crippen LogP contribution in [-0.2, 0) is 0 Å². The van der Waals surface area contributed by atoms with Gasteiger partial charge in [0.25, 0.3) is 5.91 Å². The van der Waals surface area contributed by atoms with Crippen molar-refractivity contribution in [3.05, 3.63) is 66.4 Å². The monoisotopic (exact) mass is 294 g/mol. The second kappa shape index (κ2) is 6.01. The summed E-state index contributed by atoms with van der Waals surface area (Å²) in [5.41, 5.74) is 6.67. The third kappa shape index (κ3) is 2.90. The number of H-pyrrole nitrogens is 1. The quantitative estimate of drug-likeness (QED) is 0.548. The van der Waals surface area contributed by atoms with Crippen LogP contribution in [0.3, 0.4) is 0 Å². The van der Waals surface area contributed by atoms with Crippen LogP contribution in [0.4, 0.5) is 10.5 Å². The maximum absolute atomic E-state index is 12.1. The van der Waals surface area contributed by atoms with Gasteiger partial charge in [0.15, 0.2) is 0 Å². The molecule has 0 bridgehead atoms. The van der Waals surface area contributed by atoms with Gasteiger partial charge in [0.2, 0.25) is 0 Å². The molecule has 2 aromatic carbocycles. The standard InChI is InChI=1S/C16H14N4O2/c21-15(13-10-17-14-9-5-4-8-12(13)14)19-20-16(22)18-11-6-2-1-3-7-11/h1-10,17H,(H,19,21)(H2,18,20,22). The Labute approximate surface area is 126 Å². The Balaban J connectivity index is 1.61. The van der Waals surface area contributed by atoms with Crippen LogP contribution in [0.15, 0.2) is 60.8 Å². The molecule has 110 valence electrons. The van der Waals surface area contributed by atoms with E-state index < -0.39 is 6.03 Å². The zero-order chi connectivity index (χ0) is 15.4. The SMILES string of the molecule is O=C(NNC(=O)c1c[nH]c2ccccc12)Nc1ccccc1. The van der Waals surface area contributed by atoms with E-state index in [1.165, 1.54) is 0 Å². The molecule has 3 amide bonds. The van der Waals surface area contributed by atoms with E-state index in [4.69, 9.17) is 0 Å². The van der Waals surface area contributed by atoms with Crippen LogP contribution < -0.4 is 16.2 Å². The van der Waals surface area contributed by atoms with Gasteiger partial charge in [-0.15, -0.1) is 0 Å². The number of hydrazine groups is 1. The van der Waals surface area contributed by atoms with Crippen LogP contribution in [0.25, 0.3) is 10.9 Å². The summed E-state index contributed by atoms with van der Waals surface area (Å²) in [5, 5.41) is 3.40. The van der Waals surface area contributed by atoms with Gasteiger partial charge in [-0.25, -0.2) is 10.2 Å². The first-order valence-electron chi connectivity index (χ1n) is 6.72. The maximum Gasteiger partial charge on any atom is 0.337 e. The number of nitrogens with one attached hydrogen (secondary N) is 4. The number of carbonyl (C=O) groups is 2. The molecule has 0 spiro atoms. The van der Waals surface area contributed by atoms with Crippen molar-refractivity contribution in [3.63, 3.8) is 0 Å². The molecular formula is C16H14N4O2. The Morgan fingerprint density at radius 3 is 2.41 bits per heavy atom. The summed E-state index contributed by atoms with van der Waals surface area (Å²) in [7, 11) is 0. The van der Waals surface area contributed by atoms with E-state index in [2.05, 4.69) is 21.2 Å². The van der Waals surface area contributed by atoms with E-state index >= 15 is 0 Å². The van der Waals surface area contributed by atoms with Crippen LogP contribution in [0.2, 0.25) is 0 Å². The highest BCUT2D eigenvalue weighted by atomic mass is 16.2. The van der Waals surface area contributed by atoms with Crippen molar-refractivity contribution < 1.29 is 9.59 Å². The lowest BCUT2D eigenvalue weighted by atomic mass is 10.2. The highest BCUT2D eigenvalue weighted by molar-refractivity contribution is 6.07.